The summed E-state index contributed by atoms with van der Waals surface area (Å²) in [4.78, 5) is 43.6. The van der Waals surface area contributed by atoms with Crippen LogP contribution < -0.4 is 4.90 Å². The molecule has 20 heavy (non-hydrogen) atoms. The molecule has 7 heteroatoms. The molecule has 3 heterocycles. The van der Waals surface area contributed by atoms with Crippen molar-refractivity contribution < 1.29 is 19.5 Å². The summed E-state index contributed by atoms with van der Waals surface area (Å²) in [5, 5.41) is 8.79. The van der Waals surface area contributed by atoms with E-state index in [1.165, 1.54) is 30.6 Å². The first-order valence-electron chi connectivity index (χ1n) is 5.62. The second kappa shape index (κ2) is 4.23. The molecule has 1 aliphatic rings. The molecule has 2 amide bonds. The lowest BCUT2D eigenvalue weighted by Crippen LogP contribution is -2.30. The van der Waals surface area contributed by atoms with Crippen molar-refractivity contribution in [1.29, 1.82) is 0 Å². The normalized spacial score (nSPS) is 13.5. The van der Waals surface area contributed by atoms with Gasteiger partial charge in [-0.05, 0) is 18.2 Å². The summed E-state index contributed by atoms with van der Waals surface area (Å²) in [7, 11) is 0. The molecule has 98 valence electrons. The van der Waals surface area contributed by atoms with Crippen molar-refractivity contribution in [2.45, 2.75) is 0 Å². The maximum absolute atomic E-state index is 12.1. The van der Waals surface area contributed by atoms with Crippen LogP contribution in [-0.2, 0) is 0 Å². The lowest BCUT2D eigenvalue weighted by Gasteiger charge is -2.12. The van der Waals surface area contributed by atoms with E-state index in [9.17, 15) is 14.4 Å². The van der Waals surface area contributed by atoms with E-state index in [1.807, 2.05) is 0 Å². The van der Waals surface area contributed by atoms with Gasteiger partial charge in [-0.1, -0.05) is 0 Å². The van der Waals surface area contributed by atoms with E-state index in [2.05, 4.69) is 9.97 Å². The number of carboxylic acid groups (broad SMARTS) is 1. The number of imide groups is 1. The Balaban J connectivity index is 2.02. The molecular weight excluding hydrogens is 262 g/mol. The van der Waals surface area contributed by atoms with Crippen LogP contribution >= 0.6 is 0 Å². The molecule has 1 aliphatic heterocycles. The topological polar surface area (TPSA) is 100 Å². The SMILES string of the molecule is O=C(O)c1ccc(N2C(=O)c3ccncc3C2=O)nc1. The van der Waals surface area contributed by atoms with Gasteiger partial charge in [0, 0.05) is 18.6 Å². The second-order valence-electron chi connectivity index (χ2n) is 4.08. The second-order valence-corrected chi connectivity index (χ2v) is 4.08. The van der Waals surface area contributed by atoms with Crippen LogP contribution in [0.25, 0.3) is 0 Å². The Morgan fingerprint density at radius 3 is 2.40 bits per heavy atom. The highest BCUT2D eigenvalue weighted by Gasteiger charge is 2.37. The van der Waals surface area contributed by atoms with Crippen molar-refractivity contribution in [3.63, 3.8) is 0 Å². The Morgan fingerprint density at radius 2 is 1.80 bits per heavy atom. The zero-order valence-corrected chi connectivity index (χ0v) is 9.98. The summed E-state index contributed by atoms with van der Waals surface area (Å²) in [6, 6.07) is 4.06. The van der Waals surface area contributed by atoms with E-state index in [-0.39, 0.29) is 22.5 Å². The highest BCUT2D eigenvalue weighted by molar-refractivity contribution is 6.34. The molecule has 0 aliphatic carbocycles. The van der Waals surface area contributed by atoms with Crippen LogP contribution in [0.4, 0.5) is 5.82 Å². The van der Waals surface area contributed by atoms with Gasteiger partial charge in [-0.2, -0.15) is 0 Å². The molecule has 3 rings (SSSR count). The van der Waals surface area contributed by atoms with Gasteiger partial charge in [-0.25, -0.2) is 14.7 Å². The molecule has 0 saturated carbocycles. The summed E-state index contributed by atoms with van der Waals surface area (Å²) in [5.74, 6) is -2.06. The fraction of sp³-hybridized carbons (Fsp3) is 0. The van der Waals surface area contributed by atoms with Gasteiger partial charge in [-0.15, -0.1) is 0 Å². The van der Waals surface area contributed by atoms with Gasteiger partial charge >= 0.3 is 5.97 Å². The van der Waals surface area contributed by atoms with Crippen LogP contribution in [0.1, 0.15) is 31.1 Å². The highest BCUT2D eigenvalue weighted by atomic mass is 16.4. The van der Waals surface area contributed by atoms with Gasteiger partial charge in [0.15, 0.2) is 0 Å². The molecular formula is C13H7N3O4. The van der Waals surface area contributed by atoms with Crippen LogP contribution in [0.5, 0.6) is 0 Å². The lowest BCUT2D eigenvalue weighted by molar-refractivity contribution is 0.0696. The maximum Gasteiger partial charge on any atom is 0.337 e. The predicted octanol–water partition coefficient (Wildman–Crippen LogP) is 0.975. The number of aromatic nitrogens is 2. The van der Waals surface area contributed by atoms with Gasteiger partial charge in [0.25, 0.3) is 11.8 Å². The van der Waals surface area contributed by atoms with Crippen LogP contribution in [0.15, 0.2) is 36.8 Å². The molecule has 0 atom stereocenters. The average molecular weight is 269 g/mol. The number of carboxylic acids is 1. The molecule has 1 N–H and O–H groups in total. The number of hydrogen-bond acceptors (Lipinski definition) is 5. The fourth-order valence-electron chi connectivity index (χ4n) is 1.94. The number of nitrogens with zero attached hydrogens (tertiary/aromatic N) is 3. The molecule has 0 fully saturated rings. The Hall–Kier alpha value is -3.09. The summed E-state index contributed by atoms with van der Waals surface area (Å²) in [5.41, 5.74) is 0.447. The average Bonchev–Trinajstić information content (AvgIpc) is 2.72. The lowest BCUT2D eigenvalue weighted by atomic mass is 10.2. The number of anilines is 1. The highest BCUT2D eigenvalue weighted by Crippen LogP contribution is 2.26. The van der Waals surface area contributed by atoms with Crippen molar-refractivity contribution in [3.8, 4) is 0 Å². The summed E-state index contributed by atoms with van der Waals surface area (Å²) < 4.78 is 0. The van der Waals surface area contributed by atoms with Crippen molar-refractivity contribution >= 4 is 23.6 Å². The number of rotatable bonds is 2. The first kappa shape index (κ1) is 12.0. The number of amides is 2. The third-order valence-corrected chi connectivity index (χ3v) is 2.91. The van der Waals surface area contributed by atoms with E-state index < -0.39 is 17.8 Å². The minimum Gasteiger partial charge on any atom is -0.478 e. The molecule has 7 nitrogen and oxygen atoms in total. The Morgan fingerprint density at radius 1 is 1.05 bits per heavy atom. The van der Waals surface area contributed by atoms with Gasteiger partial charge in [0.05, 0.1) is 16.7 Å². The number of hydrogen-bond donors (Lipinski definition) is 1. The van der Waals surface area contributed by atoms with E-state index in [4.69, 9.17) is 5.11 Å². The molecule has 0 spiro atoms. The fourth-order valence-corrected chi connectivity index (χ4v) is 1.94. The van der Waals surface area contributed by atoms with Gasteiger partial charge < -0.3 is 5.11 Å². The number of aromatic carboxylic acids is 1. The quantitative estimate of drug-likeness (QED) is 0.815. The summed E-state index contributed by atoms with van der Waals surface area (Å²) in [6.07, 6.45) is 3.84. The first-order valence-corrected chi connectivity index (χ1v) is 5.62. The molecule has 0 saturated heterocycles. The Kier molecular flexibility index (Phi) is 2.53. The van der Waals surface area contributed by atoms with Crippen molar-refractivity contribution in [1.82, 2.24) is 9.97 Å². The van der Waals surface area contributed by atoms with E-state index >= 15 is 0 Å². The van der Waals surface area contributed by atoms with Crippen molar-refractivity contribution in [3.05, 3.63) is 53.5 Å². The third-order valence-electron chi connectivity index (χ3n) is 2.91. The standard InChI is InChI=1S/C13H7N3O4/c17-11-8-3-4-14-6-9(8)12(18)16(11)10-2-1-7(5-15-10)13(19)20/h1-6H,(H,19,20). The van der Waals surface area contributed by atoms with Crippen LogP contribution in [0, 0.1) is 0 Å². The van der Waals surface area contributed by atoms with Gasteiger partial charge in [-0.3, -0.25) is 14.6 Å². The minimum atomic E-state index is -1.13. The summed E-state index contributed by atoms with van der Waals surface area (Å²) >= 11 is 0. The smallest absolute Gasteiger partial charge is 0.337 e. The number of fused-ring (bicyclic) bond motifs is 1. The molecule has 2 aromatic heterocycles. The van der Waals surface area contributed by atoms with Gasteiger partial charge in [0.1, 0.15) is 5.82 Å². The third kappa shape index (κ3) is 1.64. The predicted molar refractivity (Wildman–Crippen MR) is 66.6 cm³/mol. The van der Waals surface area contributed by atoms with Crippen LogP contribution in [0.2, 0.25) is 0 Å². The van der Waals surface area contributed by atoms with Crippen LogP contribution in [-0.4, -0.2) is 32.9 Å². The molecule has 0 bridgehead atoms. The molecule has 0 radical (unpaired) electrons. The van der Waals surface area contributed by atoms with Gasteiger partial charge in [0.2, 0.25) is 0 Å². The number of carbonyl (C=O) groups is 3. The number of pyridine rings is 2. The minimum absolute atomic E-state index is 0.0213. The zero-order chi connectivity index (χ0) is 14.3. The monoisotopic (exact) mass is 269 g/mol. The Labute approximate surface area is 112 Å². The van der Waals surface area contributed by atoms with Crippen molar-refractivity contribution in [2.24, 2.45) is 0 Å². The summed E-state index contributed by atoms with van der Waals surface area (Å²) in [6.45, 7) is 0. The molecule has 0 unspecified atom stereocenters. The van der Waals surface area contributed by atoms with E-state index in [0.29, 0.717) is 0 Å². The van der Waals surface area contributed by atoms with Crippen LogP contribution in [0.3, 0.4) is 0 Å². The molecule has 0 aromatic carbocycles. The van der Waals surface area contributed by atoms with Crippen molar-refractivity contribution in [2.75, 3.05) is 4.90 Å². The number of carbonyl (C=O) groups excluding carboxylic acids is 2. The maximum atomic E-state index is 12.1. The molecule has 2 aromatic rings. The first-order chi connectivity index (χ1) is 9.59. The largest absolute Gasteiger partial charge is 0.478 e. The zero-order valence-electron chi connectivity index (χ0n) is 9.98. The van der Waals surface area contributed by atoms with E-state index in [0.717, 1.165) is 11.1 Å². The van der Waals surface area contributed by atoms with E-state index in [1.54, 1.807) is 0 Å². The Bertz CT molecular complexity index is 705.